The third-order valence-corrected chi connectivity index (χ3v) is 4.38. The van der Waals surface area contributed by atoms with Crippen molar-refractivity contribution in [3.8, 4) is 0 Å². The summed E-state index contributed by atoms with van der Waals surface area (Å²) in [4.78, 5) is 4.38. The largest absolute Gasteiger partial charge is 0.234 e. The molecule has 2 nitrogen and oxygen atoms in total. The summed E-state index contributed by atoms with van der Waals surface area (Å²) in [6, 6.07) is 5.60. The normalized spacial score (nSPS) is 12.1. The van der Waals surface area contributed by atoms with Crippen molar-refractivity contribution in [3.05, 3.63) is 38.6 Å². The van der Waals surface area contributed by atoms with Gasteiger partial charge in [-0.15, -0.1) is 0 Å². The van der Waals surface area contributed by atoms with E-state index in [1.54, 1.807) is 0 Å². The van der Waals surface area contributed by atoms with Crippen LogP contribution in [0.3, 0.4) is 0 Å². The van der Waals surface area contributed by atoms with Gasteiger partial charge in [-0.2, -0.15) is 4.37 Å². The lowest BCUT2D eigenvalue weighted by Crippen LogP contribution is -1.92. The number of halogens is 2. The number of nitrogens with zero attached hydrogens (tertiary/aromatic N) is 2. The second kappa shape index (κ2) is 4.61. The summed E-state index contributed by atoms with van der Waals surface area (Å²) < 4.78 is 4.70. The molecule has 0 amide bonds. The topological polar surface area (TPSA) is 25.2 Å². The highest BCUT2D eigenvalue weighted by atomic mass is 35.5. The Morgan fingerprint density at radius 3 is 2.73 bits per heavy atom. The van der Waals surface area contributed by atoms with Gasteiger partial charge in [0.25, 0.3) is 0 Å². The van der Waals surface area contributed by atoms with Crippen LogP contribution >= 0.6 is 44.1 Å². The van der Waals surface area contributed by atoms with E-state index in [1.807, 2.05) is 25.1 Å². The van der Waals surface area contributed by atoms with Gasteiger partial charge in [0.05, 0.1) is 5.69 Å². The fraction of sp³-hybridized carbons (Fsp3) is 0.111. The Labute approximate surface area is 104 Å². The van der Waals surface area contributed by atoms with E-state index < -0.39 is 0 Å². The first kappa shape index (κ1) is 11.1. The Morgan fingerprint density at radius 2 is 2.13 bits per heavy atom. The number of aryl methyl sites for hydroxylation is 1. The van der Waals surface area contributed by atoms with Gasteiger partial charge < -0.3 is 0 Å². The second-order valence-corrected chi connectivity index (χ2v) is 5.49. The molecule has 1 heterocycles. The third-order valence-electron chi connectivity index (χ3n) is 1.78. The summed E-state index contributed by atoms with van der Waals surface area (Å²) in [5.74, 6) is 0. The summed E-state index contributed by atoms with van der Waals surface area (Å²) in [6.07, 6.45) is 0. The van der Waals surface area contributed by atoms with Crippen molar-refractivity contribution in [2.75, 3.05) is 0 Å². The monoisotopic (exact) mass is 276 g/mol. The number of hydrogen-bond acceptors (Lipinski definition) is 4. The molecule has 2 aromatic rings. The molecule has 15 heavy (non-hydrogen) atoms. The highest BCUT2D eigenvalue weighted by Crippen LogP contribution is 2.21. The number of benzene rings is 1. The van der Waals surface area contributed by atoms with Gasteiger partial charge in [0.15, 0.2) is 9.82 Å². The van der Waals surface area contributed by atoms with Gasteiger partial charge >= 0.3 is 0 Å². The van der Waals surface area contributed by atoms with E-state index in [4.69, 9.17) is 23.2 Å². The molecule has 1 aromatic carbocycles. The van der Waals surface area contributed by atoms with E-state index in [2.05, 4.69) is 9.37 Å². The van der Waals surface area contributed by atoms with Crippen molar-refractivity contribution in [2.45, 2.75) is 6.92 Å². The first-order valence-corrected chi connectivity index (χ1v) is 6.95. The Kier molecular flexibility index (Phi) is 3.41. The Balaban J connectivity index is 2.49. The van der Waals surface area contributed by atoms with E-state index in [0.29, 0.717) is 5.15 Å². The SMILES string of the molecule is Cc1cc(/N=c2\ssnc2Cl)ccc1Cl. The standard InChI is InChI=1S/C9H6Cl2N2S2/c1-5-4-6(2-3-7(5)10)12-9-8(11)13-15-14-9/h2-4H,1H3/b12-9-. The molecule has 0 aliphatic rings. The van der Waals surface area contributed by atoms with Crippen LogP contribution in [0.1, 0.15) is 5.56 Å². The summed E-state index contributed by atoms with van der Waals surface area (Å²) in [6.45, 7) is 1.94. The van der Waals surface area contributed by atoms with Gasteiger partial charge in [0.2, 0.25) is 0 Å². The molecule has 0 atom stereocenters. The van der Waals surface area contributed by atoms with Crippen molar-refractivity contribution in [1.29, 1.82) is 0 Å². The van der Waals surface area contributed by atoms with E-state index >= 15 is 0 Å². The molecule has 0 N–H and O–H groups in total. The van der Waals surface area contributed by atoms with Crippen molar-refractivity contribution in [2.24, 2.45) is 4.99 Å². The first-order valence-electron chi connectivity index (χ1n) is 4.09. The van der Waals surface area contributed by atoms with E-state index in [1.165, 1.54) is 20.9 Å². The molecule has 0 unspecified atom stereocenters. The van der Waals surface area contributed by atoms with Crippen LogP contribution in [0, 0.1) is 6.92 Å². The average Bonchev–Trinajstić information content (AvgIpc) is 2.59. The van der Waals surface area contributed by atoms with Crippen molar-refractivity contribution in [3.63, 3.8) is 0 Å². The van der Waals surface area contributed by atoms with Crippen LogP contribution in [0.15, 0.2) is 23.2 Å². The van der Waals surface area contributed by atoms with Gasteiger partial charge in [0.1, 0.15) is 0 Å². The summed E-state index contributed by atoms with van der Waals surface area (Å²) in [5.41, 5.74) is 1.84. The zero-order chi connectivity index (χ0) is 10.8. The van der Waals surface area contributed by atoms with Crippen LogP contribution in [-0.2, 0) is 0 Å². The van der Waals surface area contributed by atoms with Gasteiger partial charge in [0, 0.05) is 15.6 Å². The molecule has 6 heteroatoms. The highest BCUT2D eigenvalue weighted by Gasteiger charge is 1.99. The summed E-state index contributed by atoms with van der Waals surface area (Å²) >= 11 is 11.8. The predicted octanol–water partition coefficient (Wildman–Crippen LogP) is 4.05. The minimum Gasteiger partial charge on any atom is -0.234 e. The van der Waals surface area contributed by atoms with Crippen LogP contribution in [0.4, 0.5) is 5.69 Å². The van der Waals surface area contributed by atoms with Gasteiger partial charge in [-0.25, -0.2) is 4.99 Å². The molecule has 0 saturated heterocycles. The zero-order valence-corrected chi connectivity index (χ0v) is 10.8. The van der Waals surface area contributed by atoms with E-state index in [-0.39, 0.29) is 0 Å². The lowest BCUT2D eigenvalue weighted by molar-refractivity contribution is 1.35. The van der Waals surface area contributed by atoms with Gasteiger partial charge in [-0.1, -0.05) is 23.2 Å². The van der Waals surface area contributed by atoms with Crippen LogP contribution in [0.25, 0.3) is 0 Å². The highest BCUT2D eigenvalue weighted by molar-refractivity contribution is 7.66. The van der Waals surface area contributed by atoms with Crippen molar-refractivity contribution < 1.29 is 0 Å². The molecule has 0 bridgehead atoms. The third kappa shape index (κ3) is 2.58. The van der Waals surface area contributed by atoms with Gasteiger partial charge in [-0.05, 0) is 41.0 Å². The lowest BCUT2D eigenvalue weighted by Gasteiger charge is -1.97. The Bertz CT molecular complexity index is 545. The van der Waals surface area contributed by atoms with Gasteiger partial charge in [-0.3, -0.25) is 0 Å². The molecule has 0 aliphatic heterocycles. The Morgan fingerprint density at radius 1 is 1.33 bits per heavy atom. The second-order valence-electron chi connectivity index (χ2n) is 2.89. The zero-order valence-electron chi connectivity index (χ0n) is 7.70. The van der Waals surface area contributed by atoms with Crippen LogP contribution < -0.4 is 4.67 Å². The molecule has 0 spiro atoms. The maximum Gasteiger partial charge on any atom is 0.179 e. The molecular weight excluding hydrogens is 271 g/mol. The number of hydrogen-bond donors (Lipinski definition) is 0. The molecule has 0 aliphatic carbocycles. The molecule has 1 aromatic heterocycles. The van der Waals surface area contributed by atoms with Crippen molar-refractivity contribution in [1.82, 2.24) is 4.37 Å². The van der Waals surface area contributed by atoms with Crippen molar-refractivity contribution >= 4 is 49.8 Å². The maximum atomic E-state index is 5.92. The smallest absolute Gasteiger partial charge is 0.179 e. The Hall–Kier alpha value is -0.420. The quantitative estimate of drug-likeness (QED) is 0.722. The molecule has 0 radical (unpaired) electrons. The number of rotatable bonds is 1. The van der Waals surface area contributed by atoms with E-state index in [9.17, 15) is 0 Å². The molecular formula is C9H6Cl2N2S2. The first-order chi connectivity index (χ1) is 7.16. The van der Waals surface area contributed by atoms with Crippen LogP contribution in [0.2, 0.25) is 10.2 Å². The lowest BCUT2D eigenvalue weighted by atomic mass is 10.2. The summed E-state index contributed by atoms with van der Waals surface area (Å²) in [5, 5.41) is 1.20. The fourth-order valence-corrected chi connectivity index (χ4v) is 3.15. The molecule has 0 saturated carbocycles. The van der Waals surface area contributed by atoms with Crippen LogP contribution in [0.5, 0.6) is 0 Å². The molecule has 78 valence electrons. The predicted molar refractivity (Wildman–Crippen MR) is 66.4 cm³/mol. The minimum absolute atomic E-state index is 0.456. The molecule has 0 fully saturated rings. The fourth-order valence-electron chi connectivity index (χ4n) is 1.04. The average molecular weight is 277 g/mol. The van der Waals surface area contributed by atoms with Crippen LogP contribution in [-0.4, -0.2) is 4.37 Å². The molecule has 2 rings (SSSR count). The maximum absolute atomic E-state index is 5.92. The van der Waals surface area contributed by atoms with E-state index in [0.717, 1.165) is 20.9 Å². The number of aromatic nitrogens is 1. The minimum atomic E-state index is 0.456. The summed E-state index contributed by atoms with van der Waals surface area (Å²) in [7, 11) is 2.79.